The molecule has 0 radical (unpaired) electrons. The third-order valence-electron chi connectivity index (χ3n) is 2.83. The van der Waals surface area contributed by atoms with Crippen LogP contribution in [0, 0.1) is 0 Å². The van der Waals surface area contributed by atoms with Crippen molar-refractivity contribution in [1.82, 2.24) is 15.4 Å². The minimum Gasteiger partial charge on any atom is -0.282 e. The van der Waals surface area contributed by atoms with Gasteiger partial charge >= 0.3 is 0 Å². The Morgan fingerprint density at radius 2 is 1.90 bits per heavy atom. The van der Waals surface area contributed by atoms with Gasteiger partial charge in [0.05, 0.1) is 11.1 Å². The maximum absolute atomic E-state index is 11.8. The number of carbonyl (C=O) groups is 1. The number of rotatable bonds is 3. The van der Waals surface area contributed by atoms with Gasteiger partial charge in [-0.05, 0) is 30.3 Å². The molecule has 20 heavy (non-hydrogen) atoms. The van der Waals surface area contributed by atoms with Crippen LogP contribution in [0.2, 0.25) is 0 Å². The van der Waals surface area contributed by atoms with Crippen LogP contribution in [-0.2, 0) is 0 Å². The SMILES string of the molecule is O=C(NNc1ccc2ccccc2n1)c1cccnc1. The van der Waals surface area contributed by atoms with Gasteiger partial charge in [-0.2, -0.15) is 0 Å². The van der Waals surface area contributed by atoms with Crippen molar-refractivity contribution in [3.8, 4) is 0 Å². The number of anilines is 1. The van der Waals surface area contributed by atoms with Crippen molar-refractivity contribution in [3.63, 3.8) is 0 Å². The topological polar surface area (TPSA) is 66.9 Å². The molecule has 5 heteroatoms. The normalized spacial score (nSPS) is 10.2. The predicted molar refractivity (Wildman–Crippen MR) is 77.1 cm³/mol. The first-order valence-corrected chi connectivity index (χ1v) is 6.15. The summed E-state index contributed by atoms with van der Waals surface area (Å²) in [5, 5.41) is 1.05. The summed E-state index contributed by atoms with van der Waals surface area (Å²) in [5.74, 6) is 0.328. The summed E-state index contributed by atoms with van der Waals surface area (Å²) in [6, 6.07) is 15.0. The molecule has 0 unspecified atom stereocenters. The molecule has 1 amide bonds. The molecule has 2 aromatic heterocycles. The number of benzene rings is 1. The number of amides is 1. The highest BCUT2D eigenvalue weighted by atomic mass is 16.2. The van der Waals surface area contributed by atoms with E-state index in [0.717, 1.165) is 10.9 Å². The maximum Gasteiger partial charge on any atom is 0.271 e. The van der Waals surface area contributed by atoms with Gasteiger partial charge in [-0.1, -0.05) is 18.2 Å². The van der Waals surface area contributed by atoms with E-state index in [1.807, 2.05) is 36.4 Å². The Morgan fingerprint density at radius 3 is 2.75 bits per heavy atom. The van der Waals surface area contributed by atoms with Crippen molar-refractivity contribution in [1.29, 1.82) is 0 Å². The second kappa shape index (κ2) is 5.36. The third kappa shape index (κ3) is 2.56. The van der Waals surface area contributed by atoms with Gasteiger partial charge in [0.15, 0.2) is 0 Å². The summed E-state index contributed by atoms with van der Waals surface area (Å²) in [7, 11) is 0. The van der Waals surface area contributed by atoms with Crippen LogP contribution in [0.4, 0.5) is 5.82 Å². The molecule has 0 aliphatic rings. The lowest BCUT2D eigenvalue weighted by atomic mass is 10.2. The Kier molecular flexibility index (Phi) is 3.24. The van der Waals surface area contributed by atoms with Crippen LogP contribution >= 0.6 is 0 Å². The summed E-state index contributed by atoms with van der Waals surface area (Å²) in [6.07, 6.45) is 3.12. The molecular weight excluding hydrogens is 252 g/mol. The van der Waals surface area contributed by atoms with E-state index in [1.165, 1.54) is 6.20 Å². The van der Waals surface area contributed by atoms with Gasteiger partial charge in [-0.25, -0.2) is 4.98 Å². The van der Waals surface area contributed by atoms with Crippen LogP contribution in [0.1, 0.15) is 10.4 Å². The Bertz CT molecular complexity index is 743. The average molecular weight is 264 g/mol. The molecule has 2 heterocycles. The largest absolute Gasteiger partial charge is 0.282 e. The van der Waals surface area contributed by atoms with Crippen molar-refractivity contribution >= 4 is 22.6 Å². The summed E-state index contributed by atoms with van der Waals surface area (Å²) in [6.45, 7) is 0. The first-order chi connectivity index (χ1) is 9.83. The maximum atomic E-state index is 11.8. The monoisotopic (exact) mass is 264 g/mol. The van der Waals surface area contributed by atoms with Gasteiger partial charge in [0.1, 0.15) is 5.82 Å². The van der Waals surface area contributed by atoms with Crippen molar-refractivity contribution < 1.29 is 4.79 Å². The van der Waals surface area contributed by atoms with Gasteiger partial charge in [-0.3, -0.25) is 20.6 Å². The van der Waals surface area contributed by atoms with Gasteiger partial charge in [0.2, 0.25) is 0 Å². The van der Waals surface area contributed by atoms with Crippen LogP contribution in [0.5, 0.6) is 0 Å². The Morgan fingerprint density at radius 1 is 1.00 bits per heavy atom. The second-order valence-electron chi connectivity index (χ2n) is 4.21. The zero-order chi connectivity index (χ0) is 13.8. The molecular formula is C15H12N4O. The van der Waals surface area contributed by atoms with Gasteiger partial charge in [0, 0.05) is 17.8 Å². The number of pyridine rings is 2. The molecule has 3 aromatic rings. The summed E-state index contributed by atoms with van der Waals surface area (Å²) >= 11 is 0. The van der Waals surface area contributed by atoms with Crippen LogP contribution in [-0.4, -0.2) is 15.9 Å². The van der Waals surface area contributed by atoms with E-state index in [1.54, 1.807) is 18.3 Å². The van der Waals surface area contributed by atoms with Crippen molar-refractivity contribution in [2.24, 2.45) is 0 Å². The van der Waals surface area contributed by atoms with Gasteiger partial charge in [0.25, 0.3) is 5.91 Å². The quantitative estimate of drug-likeness (QED) is 0.713. The summed E-state index contributed by atoms with van der Waals surface area (Å²) < 4.78 is 0. The van der Waals surface area contributed by atoms with Crippen LogP contribution in [0.15, 0.2) is 60.9 Å². The standard InChI is InChI=1S/C15H12N4O/c20-15(12-5-3-9-16-10-12)19-18-14-8-7-11-4-1-2-6-13(11)17-14/h1-10H,(H,17,18)(H,19,20). The fourth-order valence-electron chi connectivity index (χ4n) is 1.83. The van der Waals surface area contributed by atoms with Crippen LogP contribution in [0.3, 0.4) is 0 Å². The number of hydrogen-bond donors (Lipinski definition) is 2. The number of nitrogens with one attached hydrogen (secondary N) is 2. The van der Waals surface area contributed by atoms with E-state index in [4.69, 9.17) is 0 Å². The fraction of sp³-hybridized carbons (Fsp3) is 0. The minimum absolute atomic E-state index is 0.256. The van der Waals surface area contributed by atoms with Crippen molar-refractivity contribution in [3.05, 3.63) is 66.5 Å². The number of hydrogen-bond acceptors (Lipinski definition) is 4. The molecule has 3 rings (SSSR count). The average Bonchev–Trinajstić information content (AvgIpc) is 2.53. The smallest absolute Gasteiger partial charge is 0.271 e. The lowest BCUT2D eigenvalue weighted by molar-refractivity contribution is 0.0962. The fourth-order valence-corrected chi connectivity index (χ4v) is 1.83. The van der Waals surface area contributed by atoms with E-state index >= 15 is 0 Å². The number of carbonyl (C=O) groups excluding carboxylic acids is 1. The first kappa shape index (κ1) is 12.1. The number of aromatic nitrogens is 2. The van der Waals surface area contributed by atoms with Crippen LogP contribution < -0.4 is 10.9 Å². The molecule has 0 atom stereocenters. The Balaban J connectivity index is 1.72. The van der Waals surface area contributed by atoms with E-state index < -0.39 is 0 Å². The number of hydrazine groups is 1. The lowest BCUT2D eigenvalue weighted by Crippen LogP contribution is -2.29. The molecule has 98 valence electrons. The minimum atomic E-state index is -0.256. The van der Waals surface area contributed by atoms with E-state index in [2.05, 4.69) is 20.8 Å². The molecule has 0 bridgehead atoms. The van der Waals surface area contributed by atoms with E-state index in [-0.39, 0.29) is 5.91 Å². The number of fused-ring (bicyclic) bond motifs is 1. The molecule has 0 fully saturated rings. The highest BCUT2D eigenvalue weighted by molar-refractivity contribution is 5.94. The van der Waals surface area contributed by atoms with E-state index in [9.17, 15) is 4.79 Å². The summed E-state index contributed by atoms with van der Waals surface area (Å²) in [4.78, 5) is 20.1. The number of para-hydroxylation sites is 1. The van der Waals surface area contributed by atoms with Gasteiger partial charge < -0.3 is 0 Å². The number of nitrogens with zero attached hydrogens (tertiary/aromatic N) is 2. The predicted octanol–water partition coefficient (Wildman–Crippen LogP) is 2.39. The van der Waals surface area contributed by atoms with Gasteiger partial charge in [-0.15, -0.1) is 0 Å². The third-order valence-corrected chi connectivity index (χ3v) is 2.83. The van der Waals surface area contributed by atoms with E-state index in [0.29, 0.717) is 11.4 Å². The molecule has 0 aliphatic carbocycles. The van der Waals surface area contributed by atoms with Crippen molar-refractivity contribution in [2.45, 2.75) is 0 Å². The molecule has 0 aliphatic heterocycles. The molecule has 0 spiro atoms. The molecule has 1 aromatic carbocycles. The molecule has 0 saturated carbocycles. The Hall–Kier alpha value is -2.95. The molecule has 0 saturated heterocycles. The summed E-state index contributed by atoms with van der Waals surface area (Å²) in [5.41, 5.74) is 6.74. The first-order valence-electron chi connectivity index (χ1n) is 6.15. The highest BCUT2D eigenvalue weighted by Gasteiger charge is 2.04. The highest BCUT2D eigenvalue weighted by Crippen LogP contribution is 2.13. The lowest BCUT2D eigenvalue weighted by Gasteiger charge is -2.08. The molecule has 2 N–H and O–H groups in total. The zero-order valence-electron chi connectivity index (χ0n) is 10.6. The van der Waals surface area contributed by atoms with Crippen molar-refractivity contribution in [2.75, 3.05) is 5.43 Å². The second-order valence-corrected chi connectivity index (χ2v) is 4.21. The van der Waals surface area contributed by atoms with Crippen LogP contribution in [0.25, 0.3) is 10.9 Å². The molecule has 5 nitrogen and oxygen atoms in total. The zero-order valence-corrected chi connectivity index (χ0v) is 10.6. The Labute approximate surface area is 115 Å².